The summed E-state index contributed by atoms with van der Waals surface area (Å²) in [4.78, 5) is 21.4. The number of carbonyl (C=O) groups excluding carboxylic acids is 1. The molecule has 1 aromatic heterocycles. The van der Waals surface area contributed by atoms with Crippen LogP contribution in [0.3, 0.4) is 0 Å². The van der Waals surface area contributed by atoms with Gasteiger partial charge in [-0.15, -0.1) is 0 Å². The molecule has 0 spiro atoms. The van der Waals surface area contributed by atoms with E-state index in [4.69, 9.17) is 8.06 Å². The Labute approximate surface area is 170 Å². The van der Waals surface area contributed by atoms with E-state index in [0.717, 1.165) is 25.6 Å². The summed E-state index contributed by atoms with van der Waals surface area (Å²) in [5.41, 5.74) is 2.42. The monoisotopic (exact) mass is 483 g/mol. The molecule has 0 aliphatic rings. The first-order valence-electron chi connectivity index (χ1n) is 8.73. The third-order valence-corrected chi connectivity index (χ3v) is 8.38. The van der Waals surface area contributed by atoms with Crippen LogP contribution in [0.1, 0.15) is 6.92 Å². The second-order valence-electron chi connectivity index (χ2n) is 5.94. The summed E-state index contributed by atoms with van der Waals surface area (Å²) in [7, 11) is 0. The molecule has 1 heterocycles. The minimum absolute atomic E-state index is 0.305. The van der Waals surface area contributed by atoms with Crippen LogP contribution in [0.25, 0.3) is 10.9 Å². The number of carbonyl (C=O) groups is 1. The van der Waals surface area contributed by atoms with E-state index < -0.39 is 20.5 Å². The van der Waals surface area contributed by atoms with Crippen LogP contribution in [0.5, 0.6) is 0 Å². The minimum atomic E-state index is -2.61. The summed E-state index contributed by atoms with van der Waals surface area (Å²) in [6.45, 7) is 1.44. The van der Waals surface area contributed by atoms with Gasteiger partial charge in [0.2, 0.25) is 0 Å². The summed E-state index contributed by atoms with van der Waals surface area (Å²) in [5.74, 6) is -0.305. The van der Waals surface area contributed by atoms with Crippen LogP contribution >= 0.6 is 20.5 Å². The van der Waals surface area contributed by atoms with Gasteiger partial charge in [0.25, 0.3) is 0 Å². The van der Waals surface area contributed by atoms with Gasteiger partial charge in [-0.2, -0.15) is 0 Å². The number of hydrogen-bond donors (Lipinski definition) is 0. The molecule has 4 aromatic rings. The molecule has 0 amide bonds. The van der Waals surface area contributed by atoms with Crippen LogP contribution in [0.15, 0.2) is 96.2 Å². The first kappa shape index (κ1) is 18.4. The molecule has 0 bridgehead atoms. The van der Waals surface area contributed by atoms with Gasteiger partial charge in [0.15, 0.2) is 0 Å². The number of rotatable bonds is 4. The van der Waals surface area contributed by atoms with Gasteiger partial charge in [-0.1, -0.05) is 0 Å². The summed E-state index contributed by atoms with van der Waals surface area (Å²) >= 11 is -2.61. The molecule has 0 fully saturated rings. The van der Waals surface area contributed by atoms with Crippen LogP contribution in [-0.2, 0) is 7.86 Å². The van der Waals surface area contributed by atoms with Crippen LogP contribution in [-0.4, -0.2) is 13.7 Å². The SMILES string of the molecule is CC(=O)OI(c1ccccc1)n1cnc2ccccc2c1=Nc1ccccc1. The van der Waals surface area contributed by atoms with E-state index >= 15 is 0 Å². The molecule has 4 rings (SSSR count). The Morgan fingerprint density at radius 2 is 1.57 bits per heavy atom. The Bertz CT molecular complexity index is 1170. The van der Waals surface area contributed by atoms with Crippen molar-refractivity contribution < 1.29 is 7.86 Å². The van der Waals surface area contributed by atoms with Gasteiger partial charge >= 0.3 is 171 Å². The standard InChI is InChI=1S/C22H18IN3O2/c1-17(27)28-23(18-10-4-2-5-11-18)26-16-24-21-15-9-8-14-20(21)22(26)25-19-12-6-3-7-13-19/h2-16H,1H3. The fraction of sp³-hybridized carbons (Fsp3) is 0.0455. The fourth-order valence-electron chi connectivity index (χ4n) is 2.72. The number of halogens is 1. The Kier molecular flexibility index (Phi) is 5.48. The van der Waals surface area contributed by atoms with E-state index in [1.165, 1.54) is 6.92 Å². The third-order valence-electron chi connectivity index (χ3n) is 3.90. The summed E-state index contributed by atoms with van der Waals surface area (Å²) < 4.78 is 8.78. The van der Waals surface area contributed by atoms with Crippen molar-refractivity contribution in [3.8, 4) is 0 Å². The average Bonchev–Trinajstić information content (AvgIpc) is 2.74. The van der Waals surface area contributed by atoms with Crippen molar-refractivity contribution in [1.29, 1.82) is 0 Å². The van der Waals surface area contributed by atoms with Crippen molar-refractivity contribution in [2.45, 2.75) is 6.92 Å². The molecule has 0 aliphatic heterocycles. The van der Waals surface area contributed by atoms with Gasteiger partial charge in [0, 0.05) is 0 Å². The second kappa shape index (κ2) is 8.35. The molecule has 0 saturated carbocycles. The first-order valence-corrected chi connectivity index (χ1v) is 11.7. The molecule has 0 unspecified atom stereocenters. The zero-order chi connectivity index (χ0) is 19.3. The Balaban J connectivity index is 2.01. The molecule has 0 radical (unpaired) electrons. The summed E-state index contributed by atoms with van der Waals surface area (Å²) in [6, 6.07) is 27.4. The quantitative estimate of drug-likeness (QED) is 0.389. The van der Waals surface area contributed by atoms with Gasteiger partial charge in [-0.25, -0.2) is 0 Å². The van der Waals surface area contributed by atoms with Gasteiger partial charge in [0.05, 0.1) is 0 Å². The second-order valence-corrected chi connectivity index (χ2v) is 9.98. The summed E-state index contributed by atoms with van der Waals surface area (Å²) in [6.07, 6.45) is 1.74. The fourth-order valence-corrected chi connectivity index (χ4v) is 6.53. The van der Waals surface area contributed by atoms with Crippen molar-refractivity contribution >= 4 is 43.1 Å². The van der Waals surface area contributed by atoms with Gasteiger partial charge in [-0.3, -0.25) is 0 Å². The molecule has 0 saturated heterocycles. The van der Waals surface area contributed by atoms with Crippen LogP contribution in [0, 0.1) is 3.57 Å². The van der Waals surface area contributed by atoms with E-state index in [0.29, 0.717) is 0 Å². The number of benzene rings is 3. The molecule has 0 atom stereocenters. The molecule has 3 aromatic carbocycles. The zero-order valence-corrected chi connectivity index (χ0v) is 17.4. The van der Waals surface area contributed by atoms with Crippen molar-refractivity contribution in [3.05, 3.63) is 100 Å². The van der Waals surface area contributed by atoms with Gasteiger partial charge < -0.3 is 0 Å². The maximum absolute atomic E-state index is 11.9. The van der Waals surface area contributed by atoms with Gasteiger partial charge in [0.1, 0.15) is 0 Å². The summed E-state index contributed by atoms with van der Waals surface area (Å²) in [5, 5.41) is 0.916. The van der Waals surface area contributed by atoms with Crippen molar-refractivity contribution in [1.82, 2.24) is 7.76 Å². The molecule has 28 heavy (non-hydrogen) atoms. The van der Waals surface area contributed by atoms with Gasteiger partial charge in [-0.05, 0) is 0 Å². The average molecular weight is 483 g/mol. The van der Waals surface area contributed by atoms with Crippen LogP contribution < -0.4 is 5.49 Å². The number of aromatic nitrogens is 2. The molecule has 140 valence electrons. The number of hydrogen-bond acceptors (Lipinski definition) is 4. The molecular formula is C22H18IN3O2. The Morgan fingerprint density at radius 3 is 2.29 bits per heavy atom. The predicted molar refractivity (Wildman–Crippen MR) is 118 cm³/mol. The van der Waals surface area contributed by atoms with Crippen molar-refractivity contribution in [3.63, 3.8) is 0 Å². The molecule has 0 aliphatic carbocycles. The van der Waals surface area contributed by atoms with E-state index in [-0.39, 0.29) is 5.97 Å². The Hall–Kier alpha value is -3.00. The predicted octanol–water partition coefficient (Wildman–Crippen LogP) is 4.89. The normalized spacial score (nSPS) is 12.0. The first-order chi connectivity index (χ1) is 13.7. The van der Waals surface area contributed by atoms with E-state index in [1.807, 2.05) is 87.7 Å². The van der Waals surface area contributed by atoms with E-state index in [2.05, 4.69) is 4.98 Å². The molecule has 5 nitrogen and oxygen atoms in total. The van der Waals surface area contributed by atoms with E-state index in [1.54, 1.807) is 6.33 Å². The number of nitrogens with zero attached hydrogens (tertiary/aromatic N) is 3. The maximum atomic E-state index is 11.9. The zero-order valence-electron chi connectivity index (χ0n) is 15.2. The molecule has 0 N–H and O–H groups in total. The van der Waals surface area contributed by atoms with Crippen LogP contribution in [0.2, 0.25) is 0 Å². The number of fused-ring (bicyclic) bond motifs is 1. The molecular weight excluding hydrogens is 465 g/mol. The Morgan fingerprint density at radius 1 is 0.929 bits per heavy atom. The van der Waals surface area contributed by atoms with Crippen LogP contribution in [0.4, 0.5) is 5.69 Å². The van der Waals surface area contributed by atoms with E-state index in [9.17, 15) is 4.79 Å². The number of para-hydroxylation sites is 2. The topological polar surface area (TPSA) is 56.5 Å². The molecule has 6 heteroatoms. The third kappa shape index (κ3) is 3.96. The van der Waals surface area contributed by atoms with Crippen molar-refractivity contribution in [2.24, 2.45) is 4.99 Å². The van der Waals surface area contributed by atoms with Crippen molar-refractivity contribution in [2.75, 3.05) is 0 Å².